The second-order valence-electron chi connectivity index (χ2n) is 5.87. The van der Waals surface area contributed by atoms with E-state index < -0.39 is 0 Å². The van der Waals surface area contributed by atoms with Gasteiger partial charge >= 0.3 is 0 Å². The number of hydrogen-bond donors (Lipinski definition) is 1. The zero-order valence-corrected chi connectivity index (χ0v) is 11.0. The van der Waals surface area contributed by atoms with Crippen LogP contribution in [-0.4, -0.2) is 37.1 Å². The molecule has 2 nitrogen and oxygen atoms in total. The standard InChI is InChI=1S/C14H28N2/c1-12-4-3-10-16(11-9-12)14-7-5-13(15-2)6-8-14/h12-15H,3-11H2,1-2H3. The van der Waals surface area contributed by atoms with E-state index in [1.165, 1.54) is 58.0 Å². The third kappa shape index (κ3) is 3.21. The van der Waals surface area contributed by atoms with Gasteiger partial charge in [-0.05, 0) is 71.0 Å². The second kappa shape index (κ2) is 6.02. The van der Waals surface area contributed by atoms with Crippen LogP contribution >= 0.6 is 0 Å². The predicted molar refractivity (Wildman–Crippen MR) is 69.7 cm³/mol. The predicted octanol–water partition coefficient (Wildman–Crippen LogP) is 2.64. The Morgan fingerprint density at radius 3 is 2.38 bits per heavy atom. The molecule has 0 spiro atoms. The van der Waals surface area contributed by atoms with Gasteiger partial charge in [0.15, 0.2) is 0 Å². The quantitative estimate of drug-likeness (QED) is 0.776. The van der Waals surface area contributed by atoms with Crippen molar-refractivity contribution in [2.45, 2.75) is 64.0 Å². The summed E-state index contributed by atoms with van der Waals surface area (Å²) in [5, 5.41) is 3.43. The lowest BCUT2D eigenvalue weighted by Gasteiger charge is -2.36. The Morgan fingerprint density at radius 2 is 1.69 bits per heavy atom. The van der Waals surface area contributed by atoms with Gasteiger partial charge in [-0.3, -0.25) is 0 Å². The van der Waals surface area contributed by atoms with Gasteiger partial charge in [0, 0.05) is 12.1 Å². The van der Waals surface area contributed by atoms with Crippen molar-refractivity contribution < 1.29 is 0 Å². The molecule has 1 heterocycles. The van der Waals surface area contributed by atoms with Crippen molar-refractivity contribution in [1.29, 1.82) is 0 Å². The first-order valence-electron chi connectivity index (χ1n) is 7.21. The Bertz CT molecular complexity index is 197. The van der Waals surface area contributed by atoms with Gasteiger partial charge in [0.25, 0.3) is 0 Å². The molecule has 0 aromatic carbocycles. The molecular formula is C14H28N2. The average molecular weight is 224 g/mol. The van der Waals surface area contributed by atoms with Crippen molar-refractivity contribution in [3.63, 3.8) is 0 Å². The molecule has 2 fully saturated rings. The number of rotatable bonds is 2. The van der Waals surface area contributed by atoms with Crippen molar-refractivity contribution in [2.24, 2.45) is 5.92 Å². The maximum Gasteiger partial charge on any atom is 0.00964 e. The summed E-state index contributed by atoms with van der Waals surface area (Å²) < 4.78 is 0. The van der Waals surface area contributed by atoms with E-state index in [2.05, 4.69) is 24.2 Å². The van der Waals surface area contributed by atoms with Crippen LogP contribution in [0.2, 0.25) is 0 Å². The van der Waals surface area contributed by atoms with Crippen LogP contribution < -0.4 is 5.32 Å². The summed E-state index contributed by atoms with van der Waals surface area (Å²) in [5.41, 5.74) is 0. The van der Waals surface area contributed by atoms with E-state index in [1.54, 1.807) is 0 Å². The van der Waals surface area contributed by atoms with Crippen LogP contribution in [0.15, 0.2) is 0 Å². The Kier molecular flexibility index (Phi) is 4.66. The van der Waals surface area contributed by atoms with Crippen molar-refractivity contribution in [3.05, 3.63) is 0 Å². The van der Waals surface area contributed by atoms with Crippen LogP contribution in [0.25, 0.3) is 0 Å². The van der Waals surface area contributed by atoms with Gasteiger partial charge in [0.05, 0.1) is 0 Å². The molecule has 2 heteroatoms. The van der Waals surface area contributed by atoms with Crippen molar-refractivity contribution in [2.75, 3.05) is 20.1 Å². The molecule has 1 saturated heterocycles. The molecule has 2 rings (SSSR count). The van der Waals surface area contributed by atoms with E-state index in [9.17, 15) is 0 Å². The third-order valence-electron chi connectivity index (χ3n) is 4.67. The number of likely N-dealkylation sites (tertiary alicyclic amines) is 1. The highest BCUT2D eigenvalue weighted by molar-refractivity contribution is 4.83. The fourth-order valence-corrected chi connectivity index (χ4v) is 3.38. The lowest BCUT2D eigenvalue weighted by atomic mass is 9.90. The lowest BCUT2D eigenvalue weighted by Crippen LogP contribution is -2.42. The van der Waals surface area contributed by atoms with Crippen LogP contribution in [0.5, 0.6) is 0 Å². The highest BCUT2D eigenvalue weighted by Gasteiger charge is 2.26. The van der Waals surface area contributed by atoms with E-state index >= 15 is 0 Å². The molecule has 94 valence electrons. The van der Waals surface area contributed by atoms with Gasteiger partial charge in [-0.2, -0.15) is 0 Å². The van der Waals surface area contributed by atoms with E-state index in [-0.39, 0.29) is 0 Å². The van der Waals surface area contributed by atoms with Gasteiger partial charge in [0.2, 0.25) is 0 Å². The summed E-state index contributed by atoms with van der Waals surface area (Å²) in [6.07, 6.45) is 9.89. The largest absolute Gasteiger partial charge is 0.317 e. The smallest absolute Gasteiger partial charge is 0.00964 e. The summed E-state index contributed by atoms with van der Waals surface area (Å²) in [6, 6.07) is 1.69. The van der Waals surface area contributed by atoms with Gasteiger partial charge in [-0.15, -0.1) is 0 Å². The minimum atomic E-state index is 0.794. The summed E-state index contributed by atoms with van der Waals surface area (Å²) in [4.78, 5) is 2.79. The maximum absolute atomic E-state index is 3.43. The van der Waals surface area contributed by atoms with E-state index in [1.807, 2.05) is 0 Å². The Balaban J connectivity index is 1.79. The molecule has 0 aromatic rings. The first kappa shape index (κ1) is 12.4. The average Bonchev–Trinajstić information content (AvgIpc) is 2.54. The zero-order valence-electron chi connectivity index (χ0n) is 11.0. The second-order valence-corrected chi connectivity index (χ2v) is 5.87. The minimum absolute atomic E-state index is 0.794. The monoisotopic (exact) mass is 224 g/mol. The van der Waals surface area contributed by atoms with Crippen LogP contribution in [0.3, 0.4) is 0 Å². The Morgan fingerprint density at radius 1 is 0.938 bits per heavy atom. The molecule has 1 aliphatic carbocycles. The summed E-state index contributed by atoms with van der Waals surface area (Å²) >= 11 is 0. The van der Waals surface area contributed by atoms with Gasteiger partial charge in [-0.25, -0.2) is 0 Å². The molecular weight excluding hydrogens is 196 g/mol. The molecule has 0 amide bonds. The highest BCUT2D eigenvalue weighted by Crippen LogP contribution is 2.26. The van der Waals surface area contributed by atoms with Crippen LogP contribution in [0.1, 0.15) is 51.9 Å². The topological polar surface area (TPSA) is 15.3 Å². The molecule has 1 atom stereocenters. The number of nitrogens with zero attached hydrogens (tertiary/aromatic N) is 1. The summed E-state index contributed by atoms with van der Waals surface area (Å²) in [7, 11) is 2.11. The SMILES string of the molecule is CNC1CCC(N2CCCC(C)CC2)CC1. The third-order valence-corrected chi connectivity index (χ3v) is 4.67. The summed E-state index contributed by atoms with van der Waals surface area (Å²) in [5.74, 6) is 0.957. The fraction of sp³-hybridized carbons (Fsp3) is 1.00. The van der Waals surface area contributed by atoms with E-state index in [0.717, 1.165) is 18.0 Å². The molecule has 0 radical (unpaired) electrons. The van der Waals surface area contributed by atoms with Crippen molar-refractivity contribution in [3.8, 4) is 0 Å². The Labute approximate surface area is 101 Å². The normalized spacial score (nSPS) is 38.2. The number of hydrogen-bond acceptors (Lipinski definition) is 2. The maximum atomic E-state index is 3.43. The highest BCUT2D eigenvalue weighted by atomic mass is 15.2. The molecule has 1 saturated carbocycles. The molecule has 2 aliphatic rings. The molecule has 1 unspecified atom stereocenters. The summed E-state index contributed by atoms with van der Waals surface area (Å²) in [6.45, 7) is 5.14. The fourth-order valence-electron chi connectivity index (χ4n) is 3.38. The Hall–Kier alpha value is -0.0800. The minimum Gasteiger partial charge on any atom is -0.317 e. The first-order chi connectivity index (χ1) is 7.79. The van der Waals surface area contributed by atoms with Crippen molar-refractivity contribution in [1.82, 2.24) is 10.2 Å². The van der Waals surface area contributed by atoms with Gasteiger partial charge in [0.1, 0.15) is 0 Å². The van der Waals surface area contributed by atoms with Crippen molar-refractivity contribution >= 4 is 0 Å². The van der Waals surface area contributed by atoms with Gasteiger partial charge in [-0.1, -0.05) is 6.92 Å². The van der Waals surface area contributed by atoms with E-state index in [4.69, 9.17) is 0 Å². The van der Waals surface area contributed by atoms with Crippen LogP contribution in [0.4, 0.5) is 0 Å². The van der Waals surface area contributed by atoms with Crippen LogP contribution in [-0.2, 0) is 0 Å². The first-order valence-corrected chi connectivity index (χ1v) is 7.21. The lowest BCUT2D eigenvalue weighted by molar-refractivity contribution is 0.148. The molecule has 1 aliphatic heterocycles. The van der Waals surface area contributed by atoms with E-state index in [0.29, 0.717) is 0 Å². The van der Waals surface area contributed by atoms with Gasteiger partial charge < -0.3 is 10.2 Å². The molecule has 0 aromatic heterocycles. The van der Waals surface area contributed by atoms with Crippen LogP contribution in [0, 0.1) is 5.92 Å². The molecule has 1 N–H and O–H groups in total. The number of nitrogens with one attached hydrogen (secondary N) is 1. The molecule has 16 heavy (non-hydrogen) atoms. The zero-order chi connectivity index (χ0) is 11.4. The molecule has 0 bridgehead atoms.